The summed E-state index contributed by atoms with van der Waals surface area (Å²) in [5.74, 6) is 5.31. The molecule has 2 rings (SSSR count). The fourth-order valence-electron chi connectivity index (χ4n) is 2.08. The Morgan fingerprint density at radius 2 is 1.86 bits per heavy atom. The van der Waals surface area contributed by atoms with Crippen LogP contribution in [0.5, 0.6) is 0 Å². The van der Waals surface area contributed by atoms with Crippen LogP contribution in [0.15, 0.2) is 46.9 Å². The van der Waals surface area contributed by atoms with Crippen molar-refractivity contribution in [2.45, 2.75) is 19.9 Å². The Bertz CT molecular complexity index is 640. The highest BCUT2D eigenvalue weighted by Crippen LogP contribution is 2.20. The summed E-state index contributed by atoms with van der Waals surface area (Å²) in [6.45, 7) is 3.89. The lowest BCUT2D eigenvalue weighted by molar-refractivity contribution is 0.0940. The number of halogens is 1. The van der Waals surface area contributed by atoms with Gasteiger partial charge in [0, 0.05) is 4.47 Å². The number of carbonyl (C=O) groups excluding carboxylic acids is 1. The molecular weight excluding hydrogens is 330 g/mol. The molecule has 1 unspecified atom stereocenters. The van der Waals surface area contributed by atoms with Crippen LogP contribution in [-0.4, -0.2) is 5.91 Å². The molecule has 0 bridgehead atoms. The molecule has 4 N–H and O–H groups in total. The fraction of sp³-hybridized carbons (Fsp3) is 0.188. The van der Waals surface area contributed by atoms with E-state index in [4.69, 9.17) is 5.84 Å². The van der Waals surface area contributed by atoms with E-state index in [1.54, 1.807) is 6.07 Å². The van der Waals surface area contributed by atoms with Crippen molar-refractivity contribution in [1.82, 2.24) is 5.32 Å². The SMILES string of the molecule is Cc1ccc(NN)c(C(=O)NC(C)c2ccc(Br)cc2)c1. The lowest BCUT2D eigenvalue weighted by Gasteiger charge is -2.16. The van der Waals surface area contributed by atoms with Crippen molar-refractivity contribution >= 4 is 27.5 Å². The largest absolute Gasteiger partial charge is 0.345 e. The summed E-state index contributed by atoms with van der Waals surface area (Å²) in [7, 11) is 0. The van der Waals surface area contributed by atoms with Crippen molar-refractivity contribution in [3.8, 4) is 0 Å². The van der Waals surface area contributed by atoms with Crippen molar-refractivity contribution in [2.24, 2.45) is 5.84 Å². The molecule has 0 saturated heterocycles. The third kappa shape index (κ3) is 3.83. The van der Waals surface area contributed by atoms with Crippen molar-refractivity contribution in [2.75, 3.05) is 5.43 Å². The second kappa shape index (κ2) is 6.74. The summed E-state index contributed by atoms with van der Waals surface area (Å²) in [6, 6.07) is 13.3. The predicted molar refractivity (Wildman–Crippen MR) is 89.0 cm³/mol. The molecule has 0 aliphatic heterocycles. The highest BCUT2D eigenvalue weighted by Gasteiger charge is 2.14. The minimum atomic E-state index is -0.151. The fourth-order valence-corrected chi connectivity index (χ4v) is 2.35. The van der Waals surface area contributed by atoms with Gasteiger partial charge in [0.05, 0.1) is 17.3 Å². The number of carbonyl (C=O) groups is 1. The molecule has 2 aromatic rings. The van der Waals surface area contributed by atoms with E-state index < -0.39 is 0 Å². The molecule has 110 valence electrons. The van der Waals surface area contributed by atoms with Crippen molar-refractivity contribution < 1.29 is 4.79 Å². The van der Waals surface area contributed by atoms with Crippen molar-refractivity contribution in [3.05, 3.63) is 63.6 Å². The Morgan fingerprint density at radius 3 is 2.48 bits per heavy atom. The summed E-state index contributed by atoms with van der Waals surface area (Å²) in [6.07, 6.45) is 0. The number of aryl methyl sites for hydroxylation is 1. The molecule has 2 aromatic carbocycles. The summed E-state index contributed by atoms with van der Waals surface area (Å²) >= 11 is 3.40. The standard InChI is InChI=1S/C16H18BrN3O/c1-10-3-8-15(20-18)14(9-10)16(21)19-11(2)12-4-6-13(17)7-5-12/h3-9,11,20H,18H2,1-2H3,(H,19,21). The van der Waals surface area contributed by atoms with Crippen LogP contribution in [0.4, 0.5) is 5.69 Å². The van der Waals surface area contributed by atoms with Gasteiger partial charge in [0.1, 0.15) is 0 Å². The summed E-state index contributed by atoms with van der Waals surface area (Å²) in [5, 5.41) is 2.98. The number of rotatable bonds is 4. The van der Waals surface area contributed by atoms with Crippen LogP contribution in [0.25, 0.3) is 0 Å². The molecule has 4 nitrogen and oxygen atoms in total. The van der Waals surface area contributed by atoms with Crippen LogP contribution in [0.3, 0.4) is 0 Å². The quantitative estimate of drug-likeness (QED) is 0.585. The van der Waals surface area contributed by atoms with Crippen molar-refractivity contribution in [1.29, 1.82) is 0 Å². The maximum absolute atomic E-state index is 12.4. The Labute approximate surface area is 132 Å². The van der Waals surface area contributed by atoms with Gasteiger partial charge in [-0.25, -0.2) is 0 Å². The molecule has 5 heteroatoms. The number of benzene rings is 2. The summed E-state index contributed by atoms with van der Waals surface area (Å²) < 4.78 is 1.01. The van der Waals surface area contributed by atoms with E-state index in [-0.39, 0.29) is 11.9 Å². The number of nitrogen functional groups attached to an aromatic ring is 1. The molecule has 0 aromatic heterocycles. The molecule has 0 radical (unpaired) electrons. The van der Waals surface area contributed by atoms with E-state index in [1.165, 1.54) is 0 Å². The maximum Gasteiger partial charge on any atom is 0.253 e. The van der Waals surface area contributed by atoms with Gasteiger partial charge in [0.25, 0.3) is 5.91 Å². The van der Waals surface area contributed by atoms with E-state index in [9.17, 15) is 4.79 Å². The van der Waals surface area contributed by atoms with E-state index >= 15 is 0 Å². The molecule has 0 fully saturated rings. The zero-order chi connectivity index (χ0) is 15.4. The lowest BCUT2D eigenvalue weighted by atomic mass is 10.1. The van der Waals surface area contributed by atoms with Crippen LogP contribution >= 0.6 is 15.9 Å². The van der Waals surface area contributed by atoms with Crippen LogP contribution < -0.4 is 16.6 Å². The average Bonchev–Trinajstić information content (AvgIpc) is 2.47. The Morgan fingerprint density at radius 1 is 1.19 bits per heavy atom. The van der Waals surface area contributed by atoms with E-state index in [0.29, 0.717) is 11.3 Å². The van der Waals surface area contributed by atoms with E-state index in [0.717, 1.165) is 15.6 Å². The van der Waals surface area contributed by atoms with Gasteiger partial charge in [-0.05, 0) is 43.7 Å². The Balaban J connectivity index is 2.17. The minimum absolute atomic E-state index is 0.0864. The van der Waals surface area contributed by atoms with Gasteiger partial charge < -0.3 is 10.7 Å². The van der Waals surface area contributed by atoms with Gasteiger partial charge in [-0.3, -0.25) is 10.6 Å². The topological polar surface area (TPSA) is 67.1 Å². The number of anilines is 1. The lowest BCUT2D eigenvalue weighted by Crippen LogP contribution is -2.28. The van der Waals surface area contributed by atoms with Gasteiger partial charge in [-0.2, -0.15) is 0 Å². The van der Waals surface area contributed by atoms with Gasteiger partial charge in [0.15, 0.2) is 0 Å². The molecule has 21 heavy (non-hydrogen) atoms. The zero-order valence-corrected chi connectivity index (χ0v) is 13.6. The van der Waals surface area contributed by atoms with Gasteiger partial charge in [-0.1, -0.05) is 39.7 Å². The van der Waals surface area contributed by atoms with E-state index in [1.807, 2.05) is 50.2 Å². The van der Waals surface area contributed by atoms with Crippen LogP contribution in [0.1, 0.15) is 34.5 Å². The van der Waals surface area contributed by atoms with Crippen LogP contribution in [0.2, 0.25) is 0 Å². The van der Waals surface area contributed by atoms with Gasteiger partial charge in [-0.15, -0.1) is 0 Å². The summed E-state index contributed by atoms with van der Waals surface area (Å²) in [5.41, 5.74) is 5.76. The number of hydrogen-bond donors (Lipinski definition) is 3. The summed E-state index contributed by atoms with van der Waals surface area (Å²) in [4.78, 5) is 12.4. The first-order valence-electron chi connectivity index (χ1n) is 6.65. The van der Waals surface area contributed by atoms with Crippen molar-refractivity contribution in [3.63, 3.8) is 0 Å². The van der Waals surface area contributed by atoms with Gasteiger partial charge >= 0.3 is 0 Å². The monoisotopic (exact) mass is 347 g/mol. The highest BCUT2D eigenvalue weighted by molar-refractivity contribution is 9.10. The highest BCUT2D eigenvalue weighted by atomic mass is 79.9. The number of nitrogens with one attached hydrogen (secondary N) is 2. The van der Waals surface area contributed by atoms with Crippen LogP contribution in [-0.2, 0) is 0 Å². The first-order chi connectivity index (χ1) is 10.0. The molecule has 0 saturated carbocycles. The zero-order valence-electron chi connectivity index (χ0n) is 12.0. The second-order valence-electron chi connectivity index (χ2n) is 4.94. The maximum atomic E-state index is 12.4. The third-order valence-electron chi connectivity index (χ3n) is 3.29. The molecule has 0 aliphatic carbocycles. The second-order valence-corrected chi connectivity index (χ2v) is 5.86. The first kappa shape index (κ1) is 15.5. The smallest absolute Gasteiger partial charge is 0.253 e. The molecule has 1 amide bonds. The molecule has 0 aliphatic rings. The minimum Gasteiger partial charge on any atom is -0.345 e. The van der Waals surface area contributed by atoms with Gasteiger partial charge in [0.2, 0.25) is 0 Å². The number of amides is 1. The first-order valence-corrected chi connectivity index (χ1v) is 7.44. The number of nitrogens with two attached hydrogens (primary N) is 1. The molecular formula is C16H18BrN3O. The molecule has 1 atom stereocenters. The average molecular weight is 348 g/mol. The van der Waals surface area contributed by atoms with E-state index in [2.05, 4.69) is 26.7 Å². The normalized spacial score (nSPS) is 11.8. The molecule has 0 spiro atoms. The van der Waals surface area contributed by atoms with Crippen LogP contribution in [0, 0.1) is 6.92 Å². The Hall–Kier alpha value is -1.85. The predicted octanol–water partition coefficient (Wildman–Crippen LogP) is 3.53. The Kier molecular flexibility index (Phi) is 4.98. The molecule has 0 heterocycles. The number of hydrogen-bond acceptors (Lipinski definition) is 3. The number of hydrazine groups is 1. The third-order valence-corrected chi connectivity index (χ3v) is 3.82.